The van der Waals surface area contributed by atoms with Crippen LogP contribution in [0.1, 0.15) is 36.0 Å². The SMILES string of the molecule is CCc1nc(CC)n(-c2nc(C(N)=O)ccc2N)n1. The van der Waals surface area contributed by atoms with E-state index in [2.05, 4.69) is 15.1 Å². The third-order valence-corrected chi connectivity index (χ3v) is 2.71. The first-order valence-electron chi connectivity index (χ1n) is 6.08. The summed E-state index contributed by atoms with van der Waals surface area (Å²) in [7, 11) is 0. The van der Waals surface area contributed by atoms with Crippen LogP contribution in [-0.2, 0) is 12.8 Å². The molecule has 0 aliphatic rings. The molecule has 0 saturated heterocycles. The fourth-order valence-electron chi connectivity index (χ4n) is 1.71. The molecule has 100 valence electrons. The Balaban J connectivity index is 2.60. The van der Waals surface area contributed by atoms with Crippen LogP contribution in [0, 0.1) is 0 Å². The lowest BCUT2D eigenvalue weighted by Gasteiger charge is -2.07. The van der Waals surface area contributed by atoms with Gasteiger partial charge in [-0.3, -0.25) is 4.79 Å². The third-order valence-electron chi connectivity index (χ3n) is 2.71. The van der Waals surface area contributed by atoms with E-state index >= 15 is 0 Å². The van der Waals surface area contributed by atoms with Crippen LogP contribution >= 0.6 is 0 Å². The predicted molar refractivity (Wildman–Crippen MR) is 70.8 cm³/mol. The molecule has 0 unspecified atom stereocenters. The van der Waals surface area contributed by atoms with Crippen molar-refractivity contribution < 1.29 is 4.79 Å². The van der Waals surface area contributed by atoms with E-state index in [9.17, 15) is 4.79 Å². The lowest BCUT2D eigenvalue weighted by Crippen LogP contribution is -2.16. The standard InChI is InChI=1S/C12H16N6O/c1-3-9-16-10(4-2)18(17-9)12-7(13)5-6-8(15-12)11(14)19/h5-6H,3-4,13H2,1-2H3,(H2,14,19). The monoisotopic (exact) mass is 260 g/mol. The lowest BCUT2D eigenvalue weighted by atomic mass is 10.3. The first-order chi connectivity index (χ1) is 9.06. The van der Waals surface area contributed by atoms with Gasteiger partial charge in [-0.25, -0.2) is 9.97 Å². The molecule has 0 bridgehead atoms. The van der Waals surface area contributed by atoms with Crippen molar-refractivity contribution in [2.45, 2.75) is 26.7 Å². The Morgan fingerprint density at radius 1 is 1.26 bits per heavy atom. The molecule has 2 aromatic heterocycles. The van der Waals surface area contributed by atoms with Gasteiger partial charge in [0.2, 0.25) is 0 Å². The zero-order chi connectivity index (χ0) is 14.0. The Morgan fingerprint density at radius 2 is 2.00 bits per heavy atom. The maximum atomic E-state index is 11.2. The van der Waals surface area contributed by atoms with Crippen LogP contribution in [0.2, 0.25) is 0 Å². The zero-order valence-corrected chi connectivity index (χ0v) is 10.9. The van der Waals surface area contributed by atoms with Gasteiger partial charge in [0.25, 0.3) is 5.91 Å². The number of nitrogens with zero attached hydrogens (tertiary/aromatic N) is 4. The van der Waals surface area contributed by atoms with E-state index in [0.717, 1.165) is 12.2 Å². The van der Waals surface area contributed by atoms with Gasteiger partial charge in [0.1, 0.15) is 11.5 Å². The molecule has 2 heterocycles. The first kappa shape index (κ1) is 13.0. The minimum atomic E-state index is -0.602. The van der Waals surface area contributed by atoms with E-state index in [1.54, 1.807) is 10.7 Å². The summed E-state index contributed by atoms with van der Waals surface area (Å²) >= 11 is 0. The highest BCUT2D eigenvalue weighted by Gasteiger charge is 2.14. The van der Waals surface area contributed by atoms with Gasteiger partial charge >= 0.3 is 0 Å². The van der Waals surface area contributed by atoms with E-state index in [4.69, 9.17) is 11.5 Å². The summed E-state index contributed by atoms with van der Waals surface area (Å²) < 4.78 is 1.57. The number of carbonyl (C=O) groups excluding carboxylic acids is 1. The Hall–Kier alpha value is -2.44. The van der Waals surface area contributed by atoms with Crippen LogP contribution in [0.5, 0.6) is 0 Å². The molecule has 19 heavy (non-hydrogen) atoms. The van der Waals surface area contributed by atoms with Gasteiger partial charge in [-0.1, -0.05) is 13.8 Å². The van der Waals surface area contributed by atoms with Gasteiger partial charge in [-0.05, 0) is 12.1 Å². The van der Waals surface area contributed by atoms with Crippen LogP contribution in [0.15, 0.2) is 12.1 Å². The zero-order valence-electron chi connectivity index (χ0n) is 10.9. The quantitative estimate of drug-likeness (QED) is 0.829. The second-order valence-electron chi connectivity index (χ2n) is 4.04. The molecule has 7 heteroatoms. The van der Waals surface area contributed by atoms with Crippen molar-refractivity contribution >= 4 is 11.6 Å². The number of hydrogen-bond acceptors (Lipinski definition) is 5. The van der Waals surface area contributed by atoms with E-state index in [0.29, 0.717) is 23.8 Å². The molecule has 0 aliphatic carbocycles. The maximum absolute atomic E-state index is 11.2. The molecule has 0 atom stereocenters. The number of primary amides is 1. The molecule has 0 spiro atoms. The van der Waals surface area contributed by atoms with Crippen molar-refractivity contribution in [3.8, 4) is 5.82 Å². The van der Waals surface area contributed by atoms with E-state index in [1.807, 2.05) is 13.8 Å². The smallest absolute Gasteiger partial charge is 0.267 e. The van der Waals surface area contributed by atoms with E-state index < -0.39 is 5.91 Å². The van der Waals surface area contributed by atoms with Gasteiger partial charge in [0.15, 0.2) is 11.6 Å². The Labute approximate surface area is 110 Å². The highest BCUT2D eigenvalue weighted by molar-refractivity contribution is 5.91. The number of pyridine rings is 1. The Bertz CT molecular complexity index is 619. The summed E-state index contributed by atoms with van der Waals surface area (Å²) in [6.07, 6.45) is 1.41. The average molecular weight is 260 g/mol. The molecule has 1 amide bonds. The van der Waals surface area contributed by atoms with Gasteiger partial charge in [-0.15, -0.1) is 5.10 Å². The molecule has 0 aromatic carbocycles. The normalized spacial score (nSPS) is 10.6. The summed E-state index contributed by atoms with van der Waals surface area (Å²) in [6, 6.07) is 3.08. The van der Waals surface area contributed by atoms with Crippen molar-refractivity contribution in [3.05, 3.63) is 29.5 Å². The number of hydrogen-bond donors (Lipinski definition) is 2. The van der Waals surface area contributed by atoms with Gasteiger partial charge in [0, 0.05) is 12.8 Å². The predicted octanol–water partition coefficient (Wildman–Crippen LogP) is 0.468. The van der Waals surface area contributed by atoms with Gasteiger partial charge in [0.05, 0.1) is 5.69 Å². The van der Waals surface area contributed by atoms with Crippen molar-refractivity contribution in [1.29, 1.82) is 0 Å². The maximum Gasteiger partial charge on any atom is 0.267 e. The molecule has 0 aliphatic heterocycles. The lowest BCUT2D eigenvalue weighted by molar-refractivity contribution is 0.0995. The van der Waals surface area contributed by atoms with Crippen LogP contribution in [0.3, 0.4) is 0 Å². The topological polar surface area (TPSA) is 113 Å². The molecule has 2 aromatic rings. The molecular formula is C12H16N6O. The van der Waals surface area contributed by atoms with Crippen molar-refractivity contribution in [2.75, 3.05) is 5.73 Å². The molecule has 0 radical (unpaired) electrons. The first-order valence-corrected chi connectivity index (χ1v) is 6.08. The van der Waals surface area contributed by atoms with E-state index in [-0.39, 0.29) is 5.69 Å². The number of aryl methyl sites for hydroxylation is 2. The highest BCUT2D eigenvalue weighted by atomic mass is 16.1. The fraction of sp³-hybridized carbons (Fsp3) is 0.333. The van der Waals surface area contributed by atoms with Crippen molar-refractivity contribution in [3.63, 3.8) is 0 Å². The second-order valence-corrected chi connectivity index (χ2v) is 4.04. The van der Waals surface area contributed by atoms with Crippen LogP contribution in [0.4, 0.5) is 5.69 Å². The van der Waals surface area contributed by atoms with Crippen LogP contribution in [0.25, 0.3) is 5.82 Å². The van der Waals surface area contributed by atoms with Gasteiger partial charge < -0.3 is 11.5 Å². The van der Waals surface area contributed by atoms with Crippen molar-refractivity contribution in [2.24, 2.45) is 5.73 Å². The van der Waals surface area contributed by atoms with Crippen LogP contribution < -0.4 is 11.5 Å². The van der Waals surface area contributed by atoms with E-state index in [1.165, 1.54) is 6.07 Å². The minimum absolute atomic E-state index is 0.153. The molecule has 0 fully saturated rings. The fourth-order valence-corrected chi connectivity index (χ4v) is 1.71. The Morgan fingerprint density at radius 3 is 2.58 bits per heavy atom. The number of carbonyl (C=O) groups is 1. The largest absolute Gasteiger partial charge is 0.396 e. The number of nitrogen functional groups attached to an aromatic ring is 1. The molecule has 2 rings (SSSR count). The minimum Gasteiger partial charge on any atom is -0.396 e. The number of rotatable bonds is 4. The second kappa shape index (κ2) is 5.05. The summed E-state index contributed by atoms with van der Waals surface area (Å²) in [5.41, 5.74) is 11.7. The molecule has 0 saturated carbocycles. The molecular weight excluding hydrogens is 244 g/mol. The third kappa shape index (κ3) is 2.40. The molecule has 7 nitrogen and oxygen atoms in total. The summed E-state index contributed by atoms with van der Waals surface area (Å²) in [4.78, 5) is 19.7. The summed E-state index contributed by atoms with van der Waals surface area (Å²) in [6.45, 7) is 3.93. The van der Waals surface area contributed by atoms with Gasteiger partial charge in [-0.2, -0.15) is 4.68 Å². The summed E-state index contributed by atoms with van der Waals surface area (Å²) in [5.74, 6) is 1.25. The number of anilines is 1. The highest BCUT2D eigenvalue weighted by Crippen LogP contribution is 2.17. The number of aromatic nitrogens is 4. The Kier molecular flexibility index (Phi) is 3.46. The number of nitrogens with two attached hydrogens (primary N) is 2. The van der Waals surface area contributed by atoms with Crippen LogP contribution in [-0.4, -0.2) is 25.7 Å². The van der Waals surface area contributed by atoms with Crippen molar-refractivity contribution in [1.82, 2.24) is 19.7 Å². The average Bonchev–Trinajstić information content (AvgIpc) is 2.82. The summed E-state index contributed by atoms with van der Waals surface area (Å²) in [5, 5.41) is 4.34. The number of amides is 1. The molecule has 4 N–H and O–H groups in total.